The molecule has 0 spiro atoms. The van der Waals surface area contributed by atoms with Crippen molar-refractivity contribution in [3.63, 3.8) is 0 Å². The van der Waals surface area contributed by atoms with Gasteiger partial charge in [-0.1, -0.05) is 17.7 Å². The second kappa shape index (κ2) is 8.80. The molecule has 1 aliphatic rings. The minimum atomic E-state index is -3.12. The van der Waals surface area contributed by atoms with Crippen LogP contribution in [0.5, 0.6) is 0 Å². The van der Waals surface area contributed by atoms with Gasteiger partial charge in [-0.3, -0.25) is 4.79 Å². The lowest BCUT2D eigenvalue weighted by Gasteiger charge is -2.31. The molecule has 1 aromatic carbocycles. The summed E-state index contributed by atoms with van der Waals surface area (Å²) in [4.78, 5) is 14.3. The number of nitrogens with one attached hydrogen (secondary N) is 2. The number of likely N-dealkylation sites (tertiary alicyclic amines) is 1. The van der Waals surface area contributed by atoms with Crippen LogP contribution < -0.4 is 10.0 Å². The summed E-state index contributed by atoms with van der Waals surface area (Å²) in [5, 5.41) is 3.52. The van der Waals surface area contributed by atoms with E-state index in [0.717, 1.165) is 25.9 Å². The van der Waals surface area contributed by atoms with Crippen molar-refractivity contribution in [1.82, 2.24) is 14.9 Å². The molecular weight excluding hydrogens is 350 g/mol. The van der Waals surface area contributed by atoms with Crippen LogP contribution in [0.25, 0.3) is 0 Å². The number of halogens is 1. The Morgan fingerprint density at radius 1 is 1.33 bits per heavy atom. The monoisotopic (exact) mass is 373 g/mol. The summed E-state index contributed by atoms with van der Waals surface area (Å²) >= 11 is 5.90. The van der Waals surface area contributed by atoms with E-state index in [1.54, 1.807) is 24.3 Å². The lowest BCUT2D eigenvalue weighted by molar-refractivity contribution is 0.0936. The van der Waals surface area contributed by atoms with Crippen molar-refractivity contribution in [2.45, 2.75) is 12.8 Å². The number of sulfonamides is 1. The molecule has 0 aliphatic carbocycles. The van der Waals surface area contributed by atoms with Crippen molar-refractivity contribution in [3.05, 3.63) is 34.9 Å². The van der Waals surface area contributed by atoms with Crippen molar-refractivity contribution in [3.8, 4) is 0 Å². The molecule has 0 atom stereocenters. The first-order chi connectivity index (χ1) is 11.3. The van der Waals surface area contributed by atoms with E-state index < -0.39 is 10.0 Å². The molecule has 0 unspecified atom stereocenters. The van der Waals surface area contributed by atoms with Gasteiger partial charge < -0.3 is 10.2 Å². The van der Waals surface area contributed by atoms with Crippen LogP contribution in [-0.4, -0.2) is 58.2 Å². The molecule has 1 aromatic rings. The molecule has 2 rings (SSSR count). The maximum absolute atomic E-state index is 12.1. The van der Waals surface area contributed by atoms with Crippen LogP contribution in [0.4, 0.5) is 0 Å². The quantitative estimate of drug-likeness (QED) is 0.755. The Morgan fingerprint density at radius 3 is 2.67 bits per heavy atom. The van der Waals surface area contributed by atoms with Gasteiger partial charge in [0.15, 0.2) is 0 Å². The smallest absolute Gasteiger partial charge is 0.251 e. The molecule has 2 N–H and O–H groups in total. The number of nitrogens with zero attached hydrogens (tertiary/aromatic N) is 1. The summed E-state index contributed by atoms with van der Waals surface area (Å²) in [5.74, 6) is 0.351. The van der Waals surface area contributed by atoms with Crippen LogP contribution in [-0.2, 0) is 10.0 Å². The number of carbonyl (C=O) groups is 1. The van der Waals surface area contributed by atoms with Gasteiger partial charge in [-0.25, -0.2) is 13.1 Å². The number of piperidine rings is 1. The standard InChI is InChI=1S/C16H24ClN3O3S/c1-24(22,23)19-7-10-20-8-5-13(6-9-20)12-18-16(21)14-3-2-4-15(17)11-14/h2-4,11,13,19H,5-10,12H2,1H3,(H,18,21). The third kappa shape index (κ3) is 6.76. The van der Waals surface area contributed by atoms with Gasteiger partial charge in [0.1, 0.15) is 0 Å². The SMILES string of the molecule is CS(=O)(=O)NCCN1CCC(CNC(=O)c2cccc(Cl)c2)CC1. The first-order valence-electron chi connectivity index (χ1n) is 8.04. The Balaban J connectivity index is 1.67. The highest BCUT2D eigenvalue weighted by Crippen LogP contribution is 2.16. The van der Waals surface area contributed by atoms with Crippen molar-refractivity contribution < 1.29 is 13.2 Å². The molecule has 1 amide bonds. The van der Waals surface area contributed by atoms with Crippen LogP contribution in [0.15, 0.2) is 24.3 Å². The normalized spacial score (nSPS) is 16.9. The Labute approximate surface area is 148 Å². The number of hydrogen-bond acceptors (Lipinski definition) is 4. The van der Waals surface area contributed by atoms with Crippen molar-refractivity contribution in [2.75, 3.05) is 39.0 Å². The molecule has 6 nitrogen and oxygen atoms in total. The first kappa shape index (κ1) is 19.2. The fraction of sp³-hybridized carbons (Fsp3) is 0.562. The zero-order valence-corrected chi connectivity index (χ0v) is 15.4. The van der Waals surface area contributed by atoms with Gasteiger partial charge in [-0.15, -0.1) is 0 Å². The highest BCUT2D eigenvalue weighted by Gasteiger charge is 2.20. The lowest BCUT2D eigenvalue weighted by atomic mass is 9.96. The average Bonchev–Trinajstić information content (AvgIpc) is 2.52. The van der Waals surface area contributed by atoms with E-state index in [1.165, 1.54) is 6.26 Å². The molecule has 0 saturated carbocycles. The van der Waals surface area contributed by atoms with E-state index in [-0.39, 0.29) is 5.91 Å². The van der Waals surface area contributed by atoms with E-state index >= 15 is 0 Å². The highest BCUT2D eigenvalue weighted by atomic mass is 35.5. The van der Waals surface area contributed by atoms with Crippen molar-refractivity contribution in [2.24, 2.45) is 5.92 Å². The van der Waals surface area contributed by atoms with E-state index in [0.29, 0.717) is 36.1 Å². The van der Waals surface area contributed by atoms with Crippen molar-refractivity contribution >= 4 is 27.5 Å². The summed E-state index contributed by atoms with van der Waals surface area (Å²) in [6.07, 6.45) is 3.16. The Bertz CT molecular complexity index is 658. The summed E-state index contributed by atoms with van der Waals surface area (Å²) < 4.78 is 24.6. The lowest BCUT2D eigenvalue weighted by Crippen LogP contribution is -2.41. The third-order valence-electron chi connectivity index (χ3n) is 4.14. The summed E-state index contributed by atoms with van der Waals surface area (Å²) in [5.41, 5.74) is 0.576. The van der Waals surface area contributed by atoms with E-state index in [1.807, 2.05) is 0 Å². The first-order valence-corrected chi connectivity index (χ1v) is 10.3. The summed E-state index contributed by atoms with van der Waals surface area (Å²) in [7, 11) is -3.12. The van der Waals surface area contributed by atoms with Crippen LogP contribution in [0.3, 0.4) is 0 Å². The van der Waals surface area contributed by atoms with Crippen LogP contribution in [0, 0.1) is 5.92 Å². The fourth-order valence-electron chi connectivity index (χ4n) is 2.77. The molecule has 1 heterocycles. The van der Waals surface area contributed by atoms with Gasteiger partial charge in [-0.2, -0.15) is 0 Å². The molecule has 0 radical (unpaired) electrons. The zero-order chi connectivity index (χ0) is 17.6. The maximum Gasteiger partial charge on any atom is 0.251 e. The average molecular weight is 374 g/mol. The molecule has 1 aliphatic heterocycles. The van der Waals surface area contributed by atoms with Crippen LogP contribution in [0.2, 0.25) is 5.02 Å². The number of rotatable bonds is 7. The zero-order valence-electron chi connectivity index (χ0n) is 13.8. The fourth-order valence-corrected chi connectivity index (χ4v) is 3.42. The molecule has 24 heavy (non-hydrogen) atoms. The number of carbonyl (C=O) groups excluding carboxylic acids is 1. The maximum atomic E-state index is 12.1. The minimum absolute atomic E-state index is 0.0997. The molecular formula is C16H24ClN3O3S. The van der Waals surface area contributed by atoms with Gasteiger partial charge in [0.05, 0.1) is 6.26 Å². The van der Waals surface area contributed by atoms with Gasteiger partial charge in [0.25, 0.3) is 5.91 Å². The highest BCUT2D eigenvalue weighted by molar-refractivity contribution is 7.88. The number of amides is 1. The molecule has 8 heteroatoms. The predicted octanol–water partition coefficient (Wildman–Crippen LogP) is 1.33. The van der Waals surface area contributed by atoms with Gasteiger partial charge in [-0.05, 0) is 50.0 Å². The van der Waals surface area contributed by atoms with Crippen LogP contribution in [0.1, 0.15) is 23.2 Å². The molecule has 1 fully saturated rings. The Kier molecular flexibility index (Phi) is 7.03. The number of hydrogen-bond donors (Lipinski definition) is 2. The van der Waals surface area contributed by atoms with E-state index in [2.05, 4.69) is 14.9 Å². The molecule has 0 aromatic heterocycles. The minimum Gasteiger partial charge on any atom is -0.352 e. The van der Waals surface area contributed by atoms with Gasteiger partial charge in [0.2, 0.25) is 10.0 Å². The molecule has 1 saturated heterocycles. The second-order valence-corrected chi connectivity index (χ2v) is 8.44. The van der Waals surface area contributed by atoms with Crippen LogP contribution >= 0.6 is 11.6 Å². The second-order valence-electron chi connectivity index (χ2n) is 6.17. The predicted molar refractivity (Wildman–Crippen MR) is 95.8 cm³/mol. The Morgan fingerprint density at radius 2 is 2.04 bits per heavy atom. The van der Waals surface area contributed by atoms with E-state index in [4.69, 9.17) is 11.6 Å². The van der Waals surface area contributed by atoms with Gasteiger partial charge in [0, 0.05) is 30.2 Å². The third-order valence-corrected chi connectivity index (χ3v) is 5.10. The molecule has 134 valence electrons. The number of benzene rings is 1. The topological polar surface area (TPSA) is 78.5 Å². The summed E-state index contributed by atoms with van der Waals surface area (Å²) in [6.45, 7) is 3.65. The van der Waals surface area contributed by atoms with Crippen molar-refractivity contribution in [1.29, 1.82) is 0 Å². The Hall–Kier alpha value is -1.15. The van der Waals surface area contributed by atoms with E-state index in [9.17, 15) is 13.2 Å². The largest absolute Gasteiger partial charge is 0.352 e. The van der Waals surface area contributed by atoms with Gasteiger partial charge >= 0.3 is 0 Å². The summed E-state index contributed by atoms with van der Waals surface area (Å²) in [6, 6.07) is 6.92. The molecule has 0 bridgehead atoms.